The van der Waals surface area contributed by atoms with Crippen LogP contribution < -0.4 is 15.4 Å². The molecule has 8 heteroatoms. The minimum atomic E-state index is -0.356. The highest BCUT2D eigenvalue weighted by Crippen LogP contribution is 2.29. The Labute approximate surface area is 189 Å². The first-order valence-corrected chi connectivity index (χ1v) is 10.2. The number of amides is 1. The number of thiocarbonyl (C=S) groups is 1. The first kappa shape index (κ1) is 20.8. The Morgan fingerprint density at radius 1 is 1.13 bits per heavy atom. The summed E-state index contributed by atoms with van der Waals surface area (Å²) in [5.74, 6) is 0.720. The van der Waals surface area contributed by atoms with Gasteiger partial charge < -0.3 is 14.5 Å². The topological polar surface area (TPSA) is 76.4 Å². The number of hydrogen-bond donors (Lipinski definition) is 2. The lowest BCUT2D eigenvalue weighted by Gasteiger charge is -2.13. The highest BCUT2D eigenvalue weighted by atomic mass is 35.5. The zero-order valence-corrected chi connectivity index (χ0v) is 18.1. The molecule has 0 aliphatic heterocycles. The molecule has 4 rings (SSSR count). The van der Waals surface area contributed by atoms with E-state index in [4.69, 9.17) is 33.0 Å². The van der Waals surface area contributed by atoms with Gasteiger partial charge in [0, 0.05) is 16.3 Å². The quantitative estimate of drug-likeness (QED) is 0.398. The molecule has 1 amide bonds. The number of rotatable bonds is 5. The number of benzene rings is 3. The van der Waals surface area contributed by atoms with Crippen LogP contribution >= 0.6 is 23.8 Å². The molecule has 3 aromatic carbocycles. The van der Waals surface area contributed by atoms with E-state index in [9.17, 15) is 4.79 Å². The number of nitrogens with zero attached hydrogens (tertiary/aromatic N) is 1. The second kappa shape index (κ2) is 9.16. The van der Waals surface area contributed by atoms with Crippen LogP contribution in [0.15, 0.2) is 71.1 Å². The highest BCUT2D eigenvalue weighted by Gasteiger charge is 2.12. The standard InChI is InChI=1S/C23H18ClN3O3S/c1-14-7-8-15(22-25-19-12-16(24)9-10-20(19)30-22)11-18(14)26-23(31)27-21(28)13-29-17-5-3-2-4-6-17/h2-12H,13H2,1H3,(H2,26,27,28,31). The van der Waals surface area contributed by atoms with Crippen molar-refractivity contribution in [2.75, 3.05) is 11.9 Å². The van der Waals surface area contributed by atoms with Gasteiger partial charge in [-0.2, -0.15) is 0 Å². The van der Waals surface area contributed by atoms with Gasteiger partial charge in [0.15, 0.2) is 17.3 Å². The average Bonchev–Trinajstić information content (AvgIpc) is 3.17. The number of aryl methyl sites for hydroxylation is 1. The molecule has 0 fully saturated rings. The largest absolute Gasteiger partial charge is 0.484 e. The third kappa shape index (κ3) is 5.20. The van der Waals surface area contributed by atoms with Crippen molar-refractivity contribution in [3.8, 4) is 17.2 Å². The fraction of sp³-hybridized carbons (Fsp3) is 0.0870. The molecule has 31 heavy (non-hydrogen) atoms. The minimum absolute atomic E-state index is 0.143. The number of hydrogen-bond acceptors (Lipinski definition) is 5. The summed E-state index contributed by atoms with van der Waals surface area (Å²) in [4.78, 5) is 16.6. The van der Waals surface area contributed by atoms with Gasteiger partial charge in [-0.15, -0.1) is 0 Å². The molecule has 0 aliphatic carbocycles. The molecule has 0 saturated carbocycles. The van der Waals surface area contributed by atoms with Gasteiger partial charge in [0.05, 0.1) is 0 Å². The third-order valence-corrected chi connectivity index (χ3v) is 4.89. The molecule has 1 aromatic heterocycles. The second-order valence-electron chi connectivity index (χ2n) is 6.76. The Balaban J connectivity index is 1.43. The molecule has 0 atom stereocenters. The Bertz CT molecular complexity index is 1260. The number of ether oxygens (including phenoxy) is 1. The fourth-order valence-electron chi connectivity index (χ4n) is 2.90. The van der Waals surface area contributed by atoms with Crippen LogP contribution in [0.1, 0.15) is 5.56 Å². The zero-order chi connectivity index (χ0) is 21.8. The summed E-state index contributed by atoms with van der Waals surface area (Å²) in [6, 6.07) is 20.1. The van der Waals surface area contributed by atoms with Crippen LogP contribution in [0.5, 0.6) is 5.75 Å². The lowest BCUT2D eigenvalue weighted by Crippen LogP contribution is -2.37. The van der Waals surface area contributed by atoms with Crippen molar-refractivity contribution in [2.45, 2.75) is 6.92 Å². The number of halogens is 1. The number of carbonyl (C=O) groups excluding carboxylic acids is 1. The molecule has 6 nitrogen and oxygen atoms in total. The van der Waals surface area contributed by atoms with Crippen LogP contribution in [0.4, 0.5) is 5.69 Å². The van der Waals surface area contributed by atoms with Gasteiger partial charge in [0.2, 0.25) is 5.89 Å². The number of anilines is 1. The van der Waals surface area contributed by atoms with Gasteiger partial charge >= 0.3 is 0 Å². The van der Waals surface area contributed by atoms with E-state index in [2.05, 4.69) is 15.6 Å². The SMILES string of the molecule is Cc1ccc(-c2nc3cc(Cl)ccc3o2)cc1NC(=S)NC(=O)COc1ccccc1. The molecule has 0 saturated heterocycles. The number of para-hydroxylation sites is 1. The number of aromatic nitrogens is 1. The highest BCUT2D eigenvalue weighted by molar-refractivity contribution is 7.80. The summed E-state index contributed by atoms with van der Waals surface area (Å²) in [5, 5.41) is 6.43. The van der Waals surface area contributed by atoms with Gasteiger partial charge in [-0.05, 0) is 67.2 Å². The predicted molar refractivity (Wildman–Crippen MR) is 125 cm³/mol. The van der Waals surface area contributed by atoms with Crippen molar-refractivity contribution < 1.29 is 13.9 Å². The Morgan fingerprint density at radius 3 is 2.74 bits per heavy atom. The summed E-state index contributed by atoms with van der Waals surface area (Å²) >= 11 is 11.3. The lowest BCUT2D eigenvalue weighted by atomic mass is 10.1. The molecular formula is C23H18ClN3O3S. The van der Waals surface area contributed by atoms with Crippen molar-refractivity contribution >= 4 is 51.6 Å². The van der Waals surface area contributed by atoms with E-state index in [0.29, 0.717) is 27.8 Å². The minimum Gasteiger partial charge on any atom is -0.484 e. The van der Waals surface area contributed by atoms with Crippen LogP contribution in [-0.2, 0) is 4.79 Å². The van der Waals surface area contributed by atoms with Crippen LogP contribution in [0.3, 0.4) is 0 Å². The van der Waals surface area contributed by atoms with Crippen molar-refractivity contribution in [1.29, 1.82) is 0 Å². The van der Waals surface area contributed by atoms with Crippen molar-refractivity contribution in [3.05, 3.63) is 77.3 Å². The van der Waals surface area contributed by atoms with Crippen LogP contribution in [0, 0.1) is 6.92 Å². The van der Waals surface area contributed by atoms with Crippen LogP contribution in [-0.4, -0.2) is 22.6 Å². The maximum Gasteiger partial charge on any atom is 0.264 e. The van der Waals surface area contributed by atoms with Gasteiger partial charge in [-0.1, -0.05) is 35.9 Å². The summed E-state index contributed by atoms with van der Waals surface area (Å²) in [5.41, 5.74) is 3.77. The number of carbonyl (C=O) groups is 1. The van der Waals surface area contributed by atoms with E-state index in [1.807, 2.05) is 43.3 Å². The normalized spacial score (nSPS) is 10.6. The summed E-state index contributed by atoms with van der Waals surface area (Å²) in [6.45, 7) is 1.79. The molecule has 0 unspecified atom stereocenters. The maximum absolute atomic E-state index is 12.1. The monoisotopic (exact) mass is 451 g/mol. The molecule has 0 spiro atoms. The molecule has 4 aromatic rings. The van der Waals surface area contributed by atoms with Gasteiger partial charge in [0.1, 0.15) is 11.3 Å². The maximum atomic E-state index is 12.1. The van der Waals surface area contributed by atoms with E-state index in [1.54, 1.807) is 30.3 Å². The van der Waals surface area contributed by atoms with E-state index in [1.165, 1.54) is 0 Å². The van der Waals surface area contributed by atoms with E-state index < -0.39 is 0 Å². The van der Waals surface area contributed by atoms with Gasteiger partial charge in [-0.3, -0.25) is 10.1 Å². The van der Waals surface area contributed by atoms with Crippen molar-refractivity contribution in [2.24, 2.45) is 0 Å². The van der Waals surface area contributed by atoms with Crippen molar-refractivity contribution in [1.82, 2.24) is 10.3 Å². The molecular weight excluding hydrogens is 434 g/mol. The third-order valence-electron chi connectivity index (χ3n) is 4.45. The van der Waals surface area contributed by atoms with Crippen LogP contribution in [0.25, 0.3) is 22.6 Å². The van der Waals surface area contributed by atoms with Crippen LogP contribution in [0.2, 0.25) is 5.02 Å². The summed E-state index contributed by atoms with van der Waals surface area (Å²) < 4.78 is 11.3. The van der Waals surface area contributed by atoms with Crippen molar-refractivity contribution in [3.63, 3.8) is 0 Å². The van der Waals surface area contributed by atoms with E-state index >= 15 is 0 Å². The van der Waals surface area contributed by atoms with E-state index in [-0.39, 0.29) is 17.6 Å². The zero-order valence-electron chi connectivity index (χ0n) is 16.5. The summed E-state index contributed by atoms with van der Waals surface area (Å²) in [7, 11) is 0. The Morgan fingerprint density at radius 2 is 1.94 bits per heavy atom. The van der Waals surface area contributed by atoms with E-state index in [0.717, 1.165) is 16.8 Å². The number of oxazole rings is 1. The predicted octanol–water partition coefficient (Wildman–Crippen LogP) is 5.35. The molecule has 0 aliphatic rings. The Hall–Kier alpha value is -3.42. The molecule has 2 N–H and O–H groups in total. The summed E-state index contributed by atoms with van der Waals surface area (Å²) in [6.07, 6.45) is 0. The van der Waals surface area contributed by atoms with Gasteiger partial charge in [0.25, 0.3) is 5.91 Å². The first-order valence-electron chi connectivity index (χ1n) is 9.44. The fourth-order valence-corrected chi connectivity index (χ4v) is 3.29. The molecule has 1 heterocycles. The molecule has 0 bridgehead atoms. The molecule has 0 radical (unpaired) electrons. The molecule has 156 valence electrons. The second-order valence-corrected chi connectivity index (χ2v) is 7.61. The first-order chi connectivity index (χ1) is 15.0. The lowest BCUT2D eigenvalue weighted by molar-refractivity contribution is -0.121. The number of nitrogens with one attached hydrogen (secondary N) is 2. The number of fused-ring (bicyclic) bond motifs is 1. The Kier molecular flexibility index (Phi) is 6.16. The smallest absolute Gasteiger partial charge is 0.264 e. The average molecular weight is 452 g/mol. The van der Waals surface area contributed by atoms with Gasteiger partial charge in [-0.25, -0.2) is 4.98 Å².